The predicted octanol–water partition coefficient (Wildman–Crippen LogP) is 1.68. The van der Waals surface area contributed by atoms with E-state index < -0.39 is 0 Å². The van der Waals surface area contributed by atoms with Crippen molar-refractivity contribution < 1.29 is 0 Å². The van der Waals surface area contributed by atoms with E-state index in [0.717, 1.165) is 30.4 Å². The van der Waals surface area contributed by atoms with Gasteiger partial charge >= 0.3 is 0 Å². The van der Waals surface area contributed by atoms with Crippen LogP contribution in [0.2, 0.25) is 0 Å². The first-order chi connectivity index (χ1) is 8.19. The molecule has 17 heavy (non-hydrogen) atoms. The van der Waals surface area contributed by atoms with Crippen LogP contribution in [0, 0.1) is 0 Å². The van der Waals surface area contributed by atoms with Crippen LogP contribution in [0.4, 0.5) is 0 Å². The van der Waals surface area contributed by atoms with Crippen LogP contribution in [0.15, 0.2) is 28.9 Å². The smallest absolute Gasteiger partial charge is 0.168 e. The fraction of sp³-hybridized carbons (Fsp3) is 0.545. The average Bonchev–Trinajstić information content (AvgIpc) is 2.73. The predicted molar refractivity (Wildman–Crippen MR) is 69.7 cm³/mol. The van der Waals surface area contributed by atoms with Crippen LogP contribution in [-0.4, -0.2) is 39.7 Å². The molecule has 2 aliphatic rings. The standard InChI is InChI=1S/C11H18ClN5/c1-4-15(5-2)11-6-9(3)13-10-7-16(8-12)14-17(10)11/h6-7,14H,4-5,8H2,1-3H3. The molecule has 0 unspecified atom stereocenters. The van der Waals surface area contributed by atoms with Crippen LogP contribution in [-0.2, 0) is 0 Å². The van der Waals surface area contributed by atoms with Gasteiger partial charge in [-0.05, 0) is 20.8 Å². The maximum atomic E-state index is 5.81. The molecule has 94 valence electrons. The van der Waals surface area contributed by atoms with E-state index in [1.807, 2.05) is 18.1 Å². The molecule has 0 aromatic heterocycles. The summed E-state index contributed by atoms with van der Waals surface area (Å²) in [6.07, 6.45) is 3.99. The first kappa shape index (κ1) is 12.3. The van der Waals surface area contributed by atoms with Gasteiger partial charge in [0.25, 0.3) is 0 Å². The number of hydrogen-bond donors (Lipinski definition) is 1. The van der Waals surface area contributed by atoms with Gasteiger partial charge in [0.15, 0.2) is 5.82 Å². The molecular weight excluding hydrogens is 238 g/mol. The molecule has 0 atom stereocenters. The average molecular weight is 256 g/mol. The van der Waals surface area contributed by atoms with Crippen LogP contribution in [0.3, 0.4) is 0 Å². The second-order valence-electron chi connectivity index (χ2n) is 3.94. The van der Waals surface area contributed by atoms with E-state index in [0.29, 0.717) is 6.00 Å². The number of nitrogens with one attached hydrogen (secondary N) is 1. The van der Waals surface area contributed by atoms with E-state index in [4.69, 9.17) is 11.6 Å². The molecule has 0 bridgehead atoms. The summed E-state index contributed by atoms with van der Waals surface area (Å²) in [5, 5.41) is 3.76. The monoisotopic (exact) mass is 255 g/mol. The van der Waals surface area contributed by atoms with Crippen molar-refractivity contribution in [2.75, 3.05) is 19.1 Å². The first-order valence-corrected chi connectivity index (χ1v) is 6.35. The fourth-order valence-electron chi connectivity index (χ4n) is 1.96. The number of aliphatic imine (C=N–C) groups is 1. The summed E-state index contributed by atoms with van der Waals surface area (Å²) < 4.78 is 0. The van der Waals surface area contributed by atoms with Crippen molar-refractivity contribution in [1.82, 2.24) is 20.5 Å². The summed E-state index contributed by atoms with van der Waals surface area (Å²) in [7, 11) is 0. The summed E-state index contributed by atoms with van der Waals surface area (Å²) in [6, 6.07) is 0.389. The van der Waals surface area contributed by atoms with Crippen LogP contribution in [0.1, 0.15) is 20.8 Å². The number of hydrogen-bond acceptors (Lipinski definition) is 5. The van der Waals surface area contributed by atoms with Gasteiger partial charge in [0.2, 0.25) is 0 Å². The highest BCUT2D eigenvalue weighted by Crippen LogP contribution is 2.24. The lowest BCUT2D eigenvalue weighted by Crippen LogP contribution is -2.45. The van der Waals surface area contributed by atoms with Crippen molar-refractivity contribution in [3.8, 4) is 0 Å². The number of allylic oxidation sites excluding steroid dienone is 1. The lowest BCUT2D eigenvalue weighted by Gasteiger charge is -2.34. The van der Waals surface area contributed by atoms with Gasteiger partial charge in [-0.3, -0.25) is 5.01 Å². The molecule has 0 aromatic rings. The highest BCUT2D eigenvalue weighted by atomic mass is 35.5. The molecule has 1 N–H and O–H groups in total. The molecule has 0 saturated carbocycles. The van der Waals surface area contributed by atoms with Crippen LogP contribution in [0.25, 0.3) is 0 Å². The molecule has 5 nitrogen and oxygen atoms in total. The third kappa shape index (κ3) is 2.25. The summed E-state index contributed by atoms with van der Waals surface area (Å²) in [6.45, 7) is 8.21. The molecule has 0 aromatic carbocycles. The second kappa shape index (κ2) is 4.98. The van der Waals surface area contributed by atoms with E-state index >= 15 is 0 Å². The van der Waals surface area contributed by atoms with Crippen LogP contribution >= 0.6 is 11.6 Å². The Morgan fingerprint density at radius 2 is 2.12 bits per heavy atom. The van der Waals surface area contributed by atoms with E-state index in [1.165, 1.54) is 0 Å². The minimum Gasteiger partial charge on any atom is -0.357 e. The van der Waals surface area contributed by atoms with Gasteiger partial charge in [0.05, 0.1) is 6.20 Å². The van der Waals surface area contributed by atoms with Crippen LogP contribution in [0.5, 0.6) is 0 Å². The number of rotatable bonds is 4. The Bertz CT molecular complexity index is 383. The third-order valence-electron chi connectivity index (χ3n) is 2.80. The largest absolute Gasteiger partial charge is 0.357 e. The summed E-state index contributed by atoms with van der Waals surface area (Å²) >= 11 is 5.81. The van der Waals surface area contributed by atoms with Crippen molar-refractivity contribution in [2.45, 2.75) is 20.8 Å². The highest BCUT2D eigenvalue weighted by molar-refractivity contribution is 6.17. The van der Waals surface area contributed by atoms with E-state index in [2.05, 4.69) is 35.4 Å². The number of hydrazine groups is 2. The van der Waals surface area contributed by atoms with E-state index in [9.17, 15) is 0 Å². The van der Waals surface area contributed by atoms with Gasteiger partial charge in [0.1, 0.15) is 11.8 Å². The quantitative estimate of drug-likeness (QED) is 0.612. The van der Waals surface area contributed by atoms with Crippen molar-refractivity contribution in [3.05, 3.63) is 23.9 Å². The Labute approximate surface area is 107 Å². The molecular formula is C11H18ClN5. The molecule has 2 aliphatic heterocycles. The summed E-state index contributed by atoms with van der Waals surface area (Å²) in [5.41, 5.74) is 4.19. The Morgan fingerprint density at radius 1 is 1.41 bits per heavy atom. The van der Waals surface area contributed by atoms with Gasteiger partial charge in [-0.25, -0.2) is 10.0 Å². The molecule has 0 aliphatic carbocycles. The normalized spacial score (nSPS) is 18.7. The molecule has 0 amide bonds. The Balaban J connectivity index is 2.29. The zero-order valence-electron chi connectivity index (χ0n) is 10.4. The number of halogens is 1. The minimum absolute atomic E-state index is 0.389. The Hall–Kier alpha value is -1.20. The Morgan fingerprint density at radius 3 is 2.71 bits per heavy atom. The van der Waals surface area contributed by atoms with E-state index in [-0.39, 0.29) is 0 Å². The van der Waals surface area contributed by atoms with Gasteiger partial charge in [-0.15, -0.1) is 17.1 Å². The molecule has 0 spiro atoms. The minimum atomic E-state index is 0.389. The topological polar surface area (TPSA) is 34.1 Å². The van der Waals surface area contributed by atoms with Gasteiger partial charge in [0, 0.05) is 24.9 Å². The number of alkyl halides is 1. The summed E-state index contributed by atoms with van der Waals surface area (Å²) in [5.74, 6) is 1.99. The molecule has 0 fully saturated rings. The van der Waals surface area contributed by atoms with E-state index in [1.54, 1.807) is 5.01 Å². The van der Waals surface area contributed by atoms with Crippen LogP contribution < -0.4 is 5.53 Å². The van der Waals surface area contributed by atoms with Gasteiger partial charge in [-0.1, -0.05) is 0 Å². The lowest BCUT2D eigenvalue weighted by atomic mass is 10.3. The molecule has 6 heteroatoms. The van der Waals surface area contributed by atoms with Gasteiger partial charge in [-0.2, -0.15) is 0 Å². The highest BCUT2D eigenvalue weighted by Gasteiger charge is 2.28. The van der Waals surface area contributed by atoms with Crippen molar-refractivity contribution in [2.24, 2.45) is 4.99 Å². The second-order valence-corrected chi connectivity index (χ2v) is 4.18. The molecule has 0 radical (unpaired) electrons. The van der Waals surface area contributed by atoms with Crippen molar-refractivity contribution in [1.29, 1.82) is 0 Å². The van der Waals surface area contributed by atoms with Crippen molar-refractivity contribution >= 4 is 17.3 Å². The fourth-order valence-corrected chi connectivity index (χ4v) is 2.08. The third-order valence-corrected chi connectivity index (χ3v) is 3.06. The maximum absolute atomic E-state index is 5.81. The number of fused-ring (bicyclic) bond motifs is 1. The Kier molecular flexibility index (Phi) is 3.59. The van der Waals surface area contributed by atoms with Crippen molar-refractivity contribution in [3.63, 3.8) is 0 Å². The SMILES string of the molecule is CCN(CC)C1=CC(C)=NC2=CN(CCl)NN21. The first-order valence-electron chi connectivity index (χ1n) is 5.82. The lowest BCUT2D eigenvalue weighted by molar-refractivity contribution is 0.132. The zero-order chi connectivity index (χ0) is 12.4. The maximum Gasteiger partial charge on any atom is 0.168 e. The molecule has 2 heterocycles. The van der Waals surface area contributed by atoms with Gasteiger partial charge < -0.3 is 4.90 Å². The summed E-state index contributed by atoms with van der Waals surface area (Å²) in [4.78, 5) is 6.76. The molecule has 2 rings (SSSR count). The molecule has 0 saturated heterocycles. The zero-order valence-corrected chi connectivity index (χ0v) is 11.2. The number of nitrogens with zero attached hydrogens (tertiary/aromatic N) is 4.